The van der Waals surface area contributed by atoms with Crippen LogP contribution in [-0.4, -0.2) is 23.0 Å². The molecule has 3 rings (SSSR count). The average Bonchev–Trinajstić information content (AvgIpc) is 2.88. The fraction of sp³-hybridized carbons (Fsp3) is 0.105. The van der Waals surface area contributed by atoms with Crippen LogP contribution in [-0.2, 0) is 11.4 Å². The summed E-state index contributed by atoms with van der Waals surface area (Å²) in [6, 6.07) is 12.5. The van der Waals surface area contributed by atoms with Crippen molar-refractivity contribution in [3.05, 3.63) is 68.8 Å². The smallest absolute Gasteiger partial charge is 0.276 e. The highest BCUT2D eigenvalue weighted by molar-refractivity contribution is 7.80. The first-order valence-corrected chi connectivity index (χ1v) is 8.97. The fourth-order valence-corrected chi connectivity index (χ4v) is 3.30. The summed E-state index contributed by atoms with van der Waals surface area (Å²) >= 11 is 17.7. The van der Waals surface area contributed by atoms with Gasteiger partial charge in [0.05, 0.1) is 21.7 Å². The highest BCUT2D eigenvalue weighted by Gasteiger charge is 2.27. The molecule has 136 valence electrons. The maximum absolute atomic E-state index is 12.1. The number of rotatable bonds is 4. The van der Waals surface area contributed by atoms with E-state index >= 15 is 0 Å². The van der Waals surface area contributed by atoms with Crippen molar-refractivity contribution in [1.82, 2.24) is 10.2 Å². The van der Waals surface area contributed by atoms with E-state index in [1.165, 1.54) is 4.90 Å². The highest BCUT2D eigenvalue weighted by Crippen LogP contribution is 2.35. The van der Waals surface area contributed by atoms with Gasteiger partial charge in [-0.15, -0.1) is 0 Å². The lowest BCUT2D eigenvalue weighted by molar-refractivity contribution is -0.121. The molecular formula is C19H13Cl2N3O2S. The van der Waals surface area contributed by atoms with Gasteiger partial charge in [0, 0.05) is 12.6 Å². The van der Waals surface area contributed by atoms with Gasteiger partial charge in [-0.05, 0) is 42.1 Å². The van der Waals surface area contributed by atoms with E-state index in [1.54, 1.807) is 43.5 Å². The van der Waals surface area contributed by atoms with Gasteiger partial charge in [0.15, 0.2) is 10.9 Å². The number of amides is 1. The number of thiocarbonyl (C=S) groups is 1. The standard InChI is InChI=1S/C19H13Cl2N3O2S/c1-24-18(25)16(23-19(24)27)8-11-6-14(20)17(15(21)7-11)26-10-13-5-3-2-4-12(13)9-22/h2-8H,10H2,1H3,(H,23,27). The Balaban J connectivity index is 1.83. The van der Waals surface area contributed by atoms with Gasteiger partial charge in [-0.25, -0.2) is 0 Å². The molecule has 0 spiro atoms. The van der Waals surface area contributed by atoms with Gasteiger partial charge in [0.25, 0.3) is 5.91 Å². The van der Waals surface area contributed by atoms with Crippen molar-refractivity contribution in [2.45, 2.75) is 6.61 Å². The molecule has 0 aromatic heterocycles. The molecule has 0 saturated carbocycles. The van der Waals surface area contributed by atoms with Crippen LogP contribution in [0.1, 0.15) is 16.7 Å². The average molecular weight is 418 g/mol. The molecule has 0 unspecified atom stereocenters. The number of hydrogen-bond donors (Lipinski definition) is 1. The number of nitrogens with zero attached hydrogens (tertiary/aromatic N) is 2. The van der Waals surface area contributed by atoms with Gasteiger partial charge in [-0.2, -0.15) is 5.26 Å². The molecule has 1 aliphatic heterocycles. The van der Waals surface area contributed by atoms with Crippen LogP contribution in [0.4, 0.5) is 0 Å². The Morgan fingerprint density at radius 2 is 1.96 bits per heavy atom. The quantitative estimate of drug-likeness (QED) is 0.598. The second-order valence-electron chi connectivity index (χ2n) is 5.72. The number of nitriles is 1. The van der Waals surface area contributed by atoms with E-state index < -0.39 is 0 Å². The predicted molar refractivity (Wildman–Crippen MR) is 108 cm³/mol. The predicted octanol–water partition coefficient (Wildman–Crippen LogP) is 4.13. The van der Waals surface area contributed by atoms with Crippen molar-refractivity contribution in [2.24, 2.45) is 0 Å². The third-order valence-electron chi connectivity index (χ3n) is 3.92. The van der Waals surface area contributed by atoms with Crippen molar-refractivity contribution in [1.29, 1.82) is 5.26 Å². The van der Waals surface area contributed by atoms with Crippen molar-refractivity contribution in [2.75, 3.05) is 7.05 Å². The molecule has 8 heteroatoms. The molecule has 1 N–H and O–H groups in total. The number of carbonyl (C=O) groups excluding carboxylic acids is 1. The van der Waals surface area contributed by atoms with Crippen molar-refractivity contribution in [3.63, 3.8) is 0 Å². The minimum absolute atomic E-state index is 0.155. The lowest BCUT2D eigenvalue weighted by atomic mass is 10.1. The molecule has 0 atom stereocenters. The summed E-state index contributed by atoms with van der Waals surface area (Å²) < 4.78 is 5.73. The lowest BCUT2D eigenvalue weighted by Crippen LogP contribution is -2.25. The first kappa shape index (κ1) is 19.2. The minimum atomic E-state index is -0.235. The van der Waals surface area contributed by atoms with E-state index in [0.29, 0.717) is 37.7 Å². The summed E-state index contributed by atoms with van der Waals surface area (Å²) in [7, 11) is 1.59. The van der Waals surface area contributed by atoms with Gasteiger partial charge in [-0.1, -0.05) is 41.4 Å². The third-order valence-corrected chi connectivity index (χ3v) is 4.86. The Kier molecular flexibility index (Phi) is 5.66. The molecule has 1 heterocycles. The molecule has 5 nitrogen and oxygen atoms in total. The molecule has 0 radical (unpaired) electrons. The van der Waals surface area contributed by atoms with Crippen LogP contribution >= 0.6 is 35.4 Å². The molecule has 1 fully saturated rings. The van der Waals surface area contributed by atoms with E-state index in [4.69, 9.17) is 45.4 Å². The normalized spacial score (nSPS) is 15.0. The van der Waals surface area contributed by atoms with E-state index in [0.717, 1.165) is 5.56 Å². The Morgan fingerprint density at radius 1 is 1.30 bits per heavy atom. The minimum Gasteiger partial charge on any atom is -0.486 e. The Hall–Kier alpha value is -2.59. The van der Waals surface area contributed by atoms with Gasteiger partial charge in [-0.3, -0.25) is 9.69 Å². The number of likely N-dealkylation sites (N-methyl/N-ethyl adjacent to an activating group) is 1. The lowest BCUT2D eigenvalue weighted by Gasteiger charge is -2.12. The summed E-state index contributed by atoms with van der Waals surface area (Å²) in [4.78, 5) is 13.4. The number of halogens is 2. The van der Waals surface area contributed by atoms with Crippen LogP contribution in [0, 0.1) is 11.3 Å². The molecule has 0 aliphatic carbocycles. The largest absolute Gasteiger partial charge is 0.486 e. The molecule has 1 aliphatic rings. The van der Waals surface area contributed by atoms with Gasteiger partial charge in [0.1, 0.15) is 12.3 Å². The number of benzene rings is 2. The summed E-state index contributed by atoms with van der Waals surface area (Å²) in [6.45, 7) is 0.155. The number of carbonyl (C=O) groups is 1. The van der Waals surface area contributed by atoms with Crippen LogP contribution in [0.2, 0.25) is 10.0 Å². The maximum Gasteiger partial charge on any atom is 0.276 e. The van der Waals surface area contributed by atoms with Crippen LogP contribution in [0.5, 0.6) is 5.75 Å². The second kappa shape index (κ2) is 7.97. The van der Waals surface area contributed by atoms with Gasteiger partial charge < -0.3 is 10.1 Å². The van der Waals surface area contributed by atoms with Crippen LogP contribution in [0.3, 0.4) is 0 Å². The Labute approximate surface area is 171 Å². The number of ether oxygens (including phenoxy) is 1. The molecule has 0 bridgehead atoms. The first-order chi connectivity index (χ1) is 12.9. The van der Waals surface area contributed by atoms with E-state index in [9.17, 15) is 4.79 Å². The maximum atomic E-state index is 12.1. The molecular weight excluding hydrogens is 405 g/mol. The molecule has 2 aromatic rings. The topological polar surface area (TPSA) is 65.4 Å². The highest BCUT2D eigenvalue weighted by atomic mass is 35.5. The van der Waals surface area contributed by atoms with Crippen molar-refractivity contribution >= 4 is 52.5 Å². The Bertz CT molecular complexity index is 991. The number of hydrogen-bond acceptors (Lipinski definition) is 4. The SMILES string of the molecule is CN1C(=O)C(=Cc2cc(Cl)c(OCc3ccccc3C#N)c(Cl)c2)NC1=S. The number of nitrogens with one attached hydrogen (secondary N) is 1. The van der Waals surface area contributed by atoms with Gasteiger partial charge in [0.2, 0.25) is 0 Å². The summed E-state index contributed by atoms with van der Waals surface area (Å²) in [5.74, 6) is 0.0762. The zero-order valence-corrected chi connectivity index (χ0v) is 16.5. The third kappa shape index (κ3) is 4.06. The van der Waals surface area contributed by atoms with E-state index in [1.807, 2.05) is 6.07 Å². The molecule has 2 aromatic carbocycles. The fourth-order valence-electron chi connectivity index (χ4n) is 2.50. The summed E-state index contributed by atoms with van der Waals surface area (Å²) in [5, 5.41) is 12.9. The first-order valence-electron chi connectivity index (χ1n) is 7.81. The molecule has 27 heavy (non-hydrogen) atoms. The van der Waals surface area contributed by atoms with Crippen LogP contribution < -0.4 is 10.1 Å². The van der Waals surface area contributed by atoms with Crippen LogP contribution in [0.25, 0.3) is 6.08 Å². The van der Waals surface area contributed by atoms with E-state index in [-0.39, 0.29) is 12.5 Å². The Morgan fingerprint density at radius 3 is 2.56 bits per heavy atom. The van der Waals surface area contributed by atoms with Crippen LogP contribution in [0.15, 0.2) is 42.1 Å². The van der Waals surface area contributed by atoms with Gasteiger partial charge >= 0.3 is 0 Å². The van der Waals surface area contributed by atoms with Crippen molar-refractivity contribution < 1.29 is 9.53 Å². The van der Waals surface area contributed by atoms with E-state index in [2.05, 4.69) is 11.4 Å². The van der Waals surface area contributed by atoms with Crippen molar-refractivity contribution in [3.8, 4) is 11.8 Å². The second-order valence-corrected chi connectivity index (χ2v) is 6.92. The zero-order chi connectivity index (χ0) is 19.6. The monoisotopic (exact) mass is 417 g/mol. The molecule has 1 amide bonds. The summed E-state index contributed by atoms with van der Waals surface area (Å²) in [6.07, 6.45) is 1.62. The molecule has 1 saturated heterocycles. The zero-order valence-electron chi connectivity index (χ0n) is 14.1. The summed E-state index contributed by atoms with van der Waals surface area (Å²) in [5.41, 5.74) is 2.22.